The van der Waals surface area contributed by atoms with E-state index in [1.54, 1.807) is 7.11 Å². The molecule has 14 heavy (non-hydrogen) atoms. The van der Waals surface area contributed by atoms with Crippen LogP contribution in [0, 0.1) is 12.3 Å². The third-order valence-electron chi connectivity index (χ3n) is 2.65. The van der Waals surface area contributed by atoms with Gasteiger partial charge >= 0.3 is 0 Å². The van der Waals surface area contributed by atoms with Crippen LogP contribution in [0.4, 0.5) is 0 Å². The number of rotatable bonds is 5. The van der Waals surface area contributed by atoms with Gasteiger partial charge in [-0.05, 0) is 0 Å². The first-order chi connectivity index (χ1) is 6.86. The lowest BCUT2D eigenvalue weighted by Gasteiger charge is -2.34. The van der Waals surface area contributed by atoms with Crippen molar-refractivity contribution in [2.24, 2.45) is 0 Å². The summed E-state index contributed by atoms with van der Waals surface area (Å²) in [5.41, 5.74) is 0. The molecule has 1 aliphatic rings. The Kier molecular flexibility index (Phi) is 5.62. The molecule has 0 N–H and O–H groups in total. The summed E-state index contributed by atoms with van der Waals surface area (Å²) in [6.45, 7) is 7.52. The van der Waals surface area contributed by atoms with Gasteiger partial charge < -0.3 is 4.74 Å². The molecule has 0 aliphatic carbocycles. The molecular weight excluding hydrogens is 176 g/mol. The standard InChI is InChI=1S/C11H20N2O/c1-3-4-5-12-6-8-13(9-7-12)10-11-14-2/h1H,4-11H2,2H3. The van der Waals surface area contributed by atoms with Gasteiger partial charge in [0.15, 0.2) is 0 Å². The van der Waals surface area contributed by atoms with Gasteiger partial charge in [0.05, 0.1) is 6.61 Å². The topological polar surface area (TPSA) is 15.7 Å². The first kappa shape index (κ1) is 11.5. The summed E-state index contributed by atoms with van der Waals surface area (Å²) in [7, 11) is 1.75. The minimum absolute atomic E-state index is 0.838. The first-order valence-corrected chi connectivity index (χ1v) is 5.24. The van der Waals surface area contributed by atoms with Crippen molar-refractivity contribution in [2.75, 3.05) is 53.0 Å². The van der Waals surface area contributed by atoms with Gasteiger partial charge in [-0.2, -0.15) is 0 Å². The molecule has 3 heteroatoms. The molecule has 1 aliphatic heterocycles. The summed E-state index contributed by atoms with van der Waals surface area (Å²) in [6.07, 6.45) is 6.11. The predicted octanol–water partition coefficient (Wildman–Crippen LogP) is 0.274. The van der Waals surface area contributed by atoms with Crippen molar-refractivity contribution in [1.29, 1.82) is 0 Å². The third-order valence-corrected chi connectivity index (χ3v) is 2.65. The molecule has 1 fully saturated rings. The minimum Gasteiger partial charge on any atom is -0.383 e. The highest BCUT2D eigenvalue weighted by molar-refractivity contribution is 4.85. The van der Waals surface area contributed by atoms with E-state index in [-0.39, 0.29) is 0 Å². The molecule has 1 heterocycles. The number of ether oxygens (including phenoxy) is 1. The second-order valence-electron chi connectivity index (χ2n) is 3.63. The van der Waals surface area contributed by atoms with E-state index < -0.39 is 0 Å². The summed E-state index contributed by atoms with van der Waals surface area (Å²) in [6, 6.07) is 0. The second-order valence-corrected chi connectivity index (χ2v) is 3.63. The van der Waals surface area contributed by atoms with Crippen molar-refractivity contribution in [1.82, 2.24) is 9.80 Å². The lowest BCUT2D eigenvalue weighted by molar-refractivity contribution is 0.0981. The zero-order chi connectivity index (χ0) is 10.2. The SMILES string of the molecule is C#CCCN1CCN(CCOC)CC1. The van der Waals surface area contributed by atoms with E-state index in [0.29, 0.717) is 0 Å². The highest BCUT2D eigenvalue weighted by Crippen LogP contribution is 2.01. The van der Waals surface area contributed by atoms with E-state index in [1.807, 2.05) is 0 Å². The molecule has 3 nitrogen and oxygen atoms in total. The predicted molar refractivity (Wildman–Crippen MR) is 58.2 cm³/mol. The summed E-state index contributed by atoms with van der Waals surface area (Å²) >= 11 is 0. The van der Waals surface area contributed by atoms with Crippen LogP contribution in [0.15, 0.2) is 0 Å². The highest BCUT2D eigenvalue weighted by atomic mass is 16.5. The molecule has 0 bridgehead atoms. The van der Waals surface area contributed by atoms with Gasteiger partial charge in [0.2, 0.25) is 0 Å². The van der Waals surface area contributed by atoms with Crippen molar-refractivity contribution in [2.45, 2.75) is 6.42 Å². The van der Waals surface area contributed by atoms with Crippen LogP contribution in [0.2, 0.25) is 0 Å². The molecule has 0 radical (unpaired) electrons. The number of nitrogens with zero attached hydrogens (tertiary/aromatic N) is 2. The van der Waals surface area contributed by atoms with Crippen LogP contribution in [-0.2, 0) is 4.74 Å². The van der Waals surface area contributed by atoms with Crippen LogP contribution >= 0.6 is 0 Å². The Morgan fingerprint density at radius 2 is 1.71 bits per heavy atom. The average molecular weight is 196 g/mol. The lowest BCUT2D eigenvalue weighted by atomic mass is 10.3. The Balaban J connectivity index is 2.09. The second kappa shape index (κ2) is 6.83. The highest BCUT2D eigenvalue weighted by Gasteiger charge is 2.15. The molecule has 0 aromatic rings. The van der Waals surface area contributed by atoms with Crippen LogP contribution in [0.1, 0.15) is 6.42 Å². The van der Waals surface area contributed by atoms with E-state index in [0.717, 1.165) is 52.3 Å². The molecule has 0 spiro atoms. The molecule has 0 saturated carbocycles. The number of terminal acetylenes is 1. The van der Waals surface area contributed by atoms with Gasteiger partial charge in [-0.25, -0.2) is 0 Å². The molecule has 0 amide bonds. The minimum atomic E-state index is 0.838. The Bertz CT molecular complexity index is 180. The molecule has 0 unspecified atom stereocenters. The zero-order valence-electron chi connectivity index (χ0n) is 9.04. The summed E-state index contributed by atoms with van der Waals surface area (Å²) in [5, 5.41) is 0. The van der Waals surface area contributed by atoms with E-state index in [4.69, 9.17) is 11.2 Å². The fraction of sp³-hybridized carbons (Fsp3) is 0.818. The van der Waals surface area contributed by atoms with Gasteiger partial charge in [0, 0.05) is 52.8 Å². The number of methoxy groups -OCH3 is 1. The third kappa shape index (κ3) is 4.10. The van der Waals surface area contributed by atoms with Crippen LogP contribution in [0.5, 0.6) is 0 Å². The van der Waals surface area contributed by atoms with Crippen molar-refractivity contribution in [3.05, 3.63) is 0 Å². The van der Waals surface area contributed by atoms with E-state index in [1.165, 1.54) is 0 Å². The van der Waals surface area contributed by atoms with Crippen molar-refractivity contribution in [3.8, 4) is 12.3 Å². The molecule has 1 rings (SSSR count). The molecule has 0 atom stereocenters. The number of piperazine rings is 1. The molecule has 0 aromatic carbocycles. The maximum Gasteiger partial charge on any atom is 0.0589 e. The summed E-state index contributed by atoms with van der Waals surface area (Å²) < 4.78 is 5.05. The molecule has 80 valence electrons. The van der Waals surface area contributed by atoms with Crippen molar-refractivity contribution >= 4 is 0 Å². The maximum absolute atomic E-state index is 5.24. The fourth-order valence-electron chi connectivity index (χ4n) is 1.68. The van der Waals surface area contributed by atoms with Crippen molar-refractivity contribution in [3.63, 3.8) is 0 Å². The molecule has 0 aromatic heterocycles. The largest absolute Gasteiger partial charge is 0.383 e. The van der Waals surface area contributed by atoms with Crippen LogP contribution < -0.4 is 0 Å². The maximum atomic E-state index is 5.24. The van der Waals surface area contributed by atoms with Gasteiger partial charge in [-0.15, -0.1) is 12.3 Å². The number of hydrogen-bond donors (Lipinski definition) is 0. The van der Waals surface area contributed by atoms with Crippen LogP contribution in [0.3, 0.4) is 0 Å². The Hall–Kier alpha value is -0.560. The normalized spacial score (nSPS) is 19.4. The molecular formula is C11H20N2O. The fourth-order valence-corrected chi connectivity index (χ4v) is 1.68. The summed E-state index contributed by atoms with van der Waals surface area (Å²) in [4.78, 5) is 4.87. The smallest absolute Gasteiger partial charge is 0.0589 e. The Morgan fingerprint density at radius 1 is 1.14 bits per heavy atom. The van der Waals surface area contributed by atoms with E-state index in [2.05, 4.69) is 15.7 Å². The van der Waals surface area contributed by atoms with Crippen LogP contribution in [-0.4, -0.2) is 62.8 Å². The Labute approximate surface area is 87.0 Å². The van der Waals surface area contributed by atoms with E-state index in [9.17, 15) is 0 Å². The van der Waals surface area contributed by atoms with Gasteiger partial charge in [-0.1, -0.05) is 0 Å². The van der Waals surface area contributed by atoms with Gasteiger partial charge in [-0.3, -0.25) is 9.80 Å². The van der Waals surface area contributed by atoms with E-state index >= 15 is 0 Å². The zero-order valence-corrected chi connectivity index (χ0v) is 9.04. The average Bonchev–Trinajstić information content (AvgIpc) is 2.25. The monoisotopic (exact) mass is 196 g/mol. The molecule has 1 saturated heterocycles. The Morgan fingerprint density at radius 3 is 2.21 bits per heavy atom. The van der Waals surface area contributed by atoms with Gasteiger partial charge in [0.1, 0.15) is 0 Å². The number of hydrogen-bond acceptors (Lipinski definition) is 3. The van der Waals surface area contributed by atoms with Gasteiger partial charge in [0.25, 0.3) is 0 Å². The lowest BCUT2D eigenvalue weighted by Crippen LogP contribution is -2.47. The van der Waals surface area contributed by atoms with Crippen LogP contribution in [0.25, 0.3) is 0 Å². The van der Waals surface area contributed by atoms with Crippen molar-refractivity contribution < 1.29 is 4.74 Å². The summed E-state index contributed by atoms with van der Waals surface area (Å²) in [5.74, 6) is 2.69. The quantitative estimate of drug-likeness (QED) is 0.587. The first-order valence-electron chi connectivity index (χ1n) is 5.24.